The highest BCUT2D eigenvalue weighted by Gasteiger charge is 2.25. The van der Waals surface area contributed by atoms with E-state index in [0.717, 1.165) is 12.8 Å². The predicted octanol–water partition coefficient (Wildman–Crippen LogP) is 3.55. The molecule has 0 radical (unpaired) electrons. The lowest BCUT2D eigenvalue weighted by molar-refractivity contribution is 0.428. The van der Waals surface area contributed by atoms with Crippen LogP contribution in [0.1, 0.15) is 23.8 Å². The topological polar surface area (TPSA) is 26.0 Å². The zero-order chi connectivity index (χ0) is 11.4. The van der Waals surface area contributed by atoms with Crippen LogP contribution in [-0.2, 0) is 12.0 Å². The first kappa shape index (κ1) is 11.4. The van der Waals surface area contributed by atoms with Crippen molar-refractivity contribution < 1.29 is 0 Å². The van der Waals surface area contributed by atoms with Crippen LogP contribution in [0.5, 0.6) is 0 Å². The molecule has 0 fully saturated rings. The van der Waals surface area contributed by atoms with Gasteiger partial charge in [-0.05, 0) is 23.4 Å². The fraction of sp³-hybridized carbons (Fsp3) is 0.286. The van der Waals surface area contributed by atoms with E-state index < -0.39 is 0 Å². The summed E-state index contributed by atoms with van der Waals surface area (Å²) in [6.45, 7) is 2.15. The minimum atomic E-state index is -0.230. The van der Waals surface area contributed by atoms with Crippen molar-refractivity contribution in [1.29, 1.82) is 0 Å². The van der Waals surface area contributed by atoms with Crippen molar-refractivity contribution in [1.82, 2.24) is 0 Å². The van der Waals surface area contributed by atoms with E-state index in [2.05, 4.69) is 48.7 Å². The average molecular weight is 231 g/mol. The number of thiophene rings is 1. The maximum absolute atomic E-state index is 6.52. The first-order valence-electron chi connectivity index (χ1n) is 5.61. The molecular formula is C14H17NS. The summed E-state index contributed by atoms with van der Waals surface area (Å²) in [5.74, 6) is 0. The van der Waals surface area contributed by atoms with Crippen LogP contribution in [-0.4, -0.2) is 0 Å². The molecule has 84 valence electrons. The van der Waals surface area contributed by atoms with Crippen LogP contribution in [0.2, 0.25) is 0 Å². The minimum Gasteiger partial charge on any atom is -0.321 e. The van der Waals surface area contributed by atoms with E-state index in [4.69, 9.17) is 5.73 Å². The van der Waals surface area contributed by atoms with Crippen LogP contribution in [0.4, 0.5) is 0 Å². The lowest BCUT2D eigenvalue weighted by atomic mass is 9.85. The SMILES string of the molecule is CCC(N)(Cc1cccs1)c1ccccc1. The zero-order valence-electron chi connectivity index (χ0n) is 9.52. The fourth-order valence-electron chi connectivity index (χ4n) is 1.93. The van der Waals surface area contributed by atoms with Crippen LogP contribution in [0.25, 0.3) is 0 Å². The van der Waals surface area contributed by atoms with Crippen molar-refractivity contribution in [3.63, 3.8) is 0 Å². The van der Waals surface area contributed by atoms with Gasteiger partial charge in [-0.3, -0.25) is 0 Å². The van der Waals surface area contributed by atoms with Gasteiger partial charge in [0.15, 0.2) is 0 Å². The third kappa shape index (κ3) is 2.34. The molecular weight excluding hydrogens is 214 g/mol. The Morgan fingerprint density at radius 3 is 2.44 bits per heavy atom. The molecule has 2 N–H and O–H groups in total. The predicted molar refractivity (Wildman–Crippen MR) is 70.6 cm³/mol. The highest BCUT2D eigenvalue weighted by atomic mass is 32.1. The van der Waals surface area contributed by atoms with Gasteiger partial charge in [-0.2, -0.15) is 0 Å². The molecule has 2 heteroatoms. The number of hydrogen-bond donors (Lipinski definition) is 1. The maximum Gasteiger partial charge on any atom is 0.0455 e. The molecule has 0 saturated carbocycles. The molecule has 0 aliphatic carbocycles. The van der Waals surface area contributed by atoms with Gasteiger partial charge in [0, 0.05) is 16.8 Å². The average Bonchev–Trinajstić information content (AvgIpc) is 2.83. The van der Waals surface area contributed by atoms with Crippen LogP contribution in [0.3, 0.4) is 0 Å². The van der Waals surface area contributed by atoms with Gasteiger partial charge in [0.1, 0.15) is 0 Å². The quantitative estimate of drug-likeness (QED) is 0.855. The van der Waals surface area contributed by atoms with Crippen molar-refractivity contribution in [3.8, 4) is 0 Å². The molecule has 1 aromatic heterocycles. The summed E-state index contributed by atoms with van der Waals surface area (Å²) in [4.78, 5) is 1.35. The van der Waals surface area contributed by atoms with Crippen molar-refractivity contribution >= 4 is 11.3 Å². The third-order valence-electron chi connectivity index (χ3n) is 3.05. The number of rotatable bonds is 4. The van der Waals surface area contributed by atoms with E-state index in [1.165, 1.54) is 10.4 Å². The minimum absolute atomic E-state index is 0.230. The second-order valence-electron chi connectivity index (χ2n) is 4.13. The third-order valence-corrected chi connectivity index (χ3v) is 3.93. The Hall–Kier alpha value is -1.12. The molecule has 2 aromatic rings. The van der Waals surface area contributed by atoms with Crippen LogP contribution in [0.15, 0.2) is 47.8 Å². The molecule has 1 atom stereocenters. The molecule has 0 saturated heterocycles. The molecule has 16 heavy (non-hydrogen) atoms. The van der Waals surface area contributed by atoms with E-state index in [1.54, 1.807) is 11.3 Å². The van der Waals surface area contributed by atoms with Gasteiger partial charge in [0.25, 0.3) is 0 Å². The molecule has 0 aliphatic heterocycles. The van der Waals surface area contributed by atoms with Crippen molar-refractivity contribution in [2.75, 3.05) is 0 Å². The molecule has 0 spiro atoms. The second-order valence-corrected chi connectivity index (χ2v) is 5.16. The normalized spacial score (nSPS) is 14.6. The van der Waals surface area contributed by atoms with Crippen LogP contribution < -0.4 is 5.73 Å². The molecule has 1 heterocycles. The maximum atomic E-state index is 6.52. The molecule has 2 rings (SSSR count). The lowest BCUT2D eigenvalue weighted by Gasteiger charge is -2.28. The Morgan fingerprint density at radius 1 is 1.12 bits per heavy atom. The van der Waals surface area contributed by atoms with Gasteiger partial charge in [-0.15, -0.1) is 11.3 Å². The van der Waals surface area contributed by atoms with Gasteiger partial charge < -0.3 is 5.73 Å². The van der Waals surface area contributed by atoms with E-state index in [0.29, 0.717) is 0 Å². The summed E-state index contributed by atoms with van der Waals surface area (Å²) in [5.41, 5.74) is 7.51. The standard InChI is InChI=1S/C14H17NS/c1-2-14(15,11-13-9-6-10-16-13)12-7-4-3-5-8-12/h3-10H,2,11,15H2,1H3. The molecule has 1 unspecified atom stereocenters. The van der Waals surface area contributed by atoms with Crippen LogP contribution >= 0.6 is 11.3 Å². The van der Waals surface area contributed by atoms with Gasteiger partial charge in [0.2, 0.25) is 0 Å². The number of hydrogen-bond acceptors (Lipinski definition) is 2. The molecule has 0 amide bonds. The molecule has 1 aromatic carbocycles. The van der Waals surface area contributed by atoms with Crippen molar-refractivity contribution in [2.24, 2.45) is 5.73 Å². The summed E-state index contributed by atoms with van der Waals surface area (Å²) in [5, 5.41) is 2.11. The largest absolute Gasteiger partial charge is 0.321 e. The number of nitrogens with two attached hydrogens (primary N) is 1. The Morgan fingerprint density at radius 2 is 1.88 bits per heavy atom. The summed E-state index contributed by atoms with van der Waals surface area (Å²) in [7, 11) is 0. The van der Waals surface area contributed by atoms with Crippen molar-refractivity contribution in [2.45, 2.75) is 25.3 Å². The fourth-order valence-corrected chi connectivity index (χ4v) is 2.76. The molecule has 1 nitrogen and oxygen atoms in total. The second kappa shape index (κ2) is 4.81. The Bertz CT molecular complexity index is 421. The van der Waals surface area contributed by atoms with E-state index >= 15 is 0 Å². The highest BCUT2D eigenvalue weighted by molar-refractivity contribution is 7.09. The van der Waals surface area contributed by atoms with Gasteiger partial charge in [0.05, 0.1) is 0 Å². The lowest BCUT2D eigenvalue weighted by Crippen LogP contribution is -2.38. The monoisotopic (exact) mass is 231 g/mol. The molecule has 0 aliphatic rings. The van der Waals surface area contributed by atoms with Gasteiger partial charge >= 0.3 is 0 Å². The Labute approximate surface area is 101 Å². The summed E-state index contributed by atoms with van der Waals surface area (Å²) < 4.78 is 0. The highest BCUT2D eigenvalue weighted by Crippen LogP contribution is 2.28. The Kier molecular flexibility index (Phi) is 3.42. The van der Waals surface area contributed by atoms with E-state index in [9.17, 15) is 0 Å². The molecule has 0 bridgehead atoms. The first-order valence-corrected chi connectivity index (χ1v) is 6.49. The summed E-state index contributed by atoms with van der Waals surface area (Å²) in [6.07, 6.45) is 1.88. The number of benzene rings is 1. The zero-order valence-corrected chi connectivity index (χ0v) is 10.3. The summed E-state index contributed by atoms with van der Waals surface area (Å²) >= 11 is 1.78. The van der Waals surface area contributed by atoms with Crippen LogP contribution in [0, 0.1) is 0 Å². The van der Waals surface area contributed by atoms with Crippen molar-refractivity contribution in [3.05, 3.63) is 58.3 Å². The van der Waals surface area contributed by atoms with E-state index in [1.807, 2.05) is 6.07 Å². The first-order chi connectivity index (χ1) is 7.74. The van der Waals surface area contributed by atoms with Gasteiger partial charge in [-0.25, -0.2) is 0 Å². The van der Waals surface area contributed by atoms with E-state index in [-0.39, 0.29) is 5.54 Å². The Balaban J connectivity index is 2.26. The summed E-state index contributed by atoms with van der Waals surface area (Å²) in [6, 6.07) is 14.6. The smallest absolute Gasteiger partial charge is 0.0455 e. The van der Waals surface area contributed by atoms with Gasteiger partial charge in [-0.1, -0.05) is 43.3 Å².